The zero-order valence-electron chi connectivity index (χ0n) is 6.99. The molecule has 0 aromatic carbocycles. The van der Waals surface area contributed by atoms with E-state index in [2.05, 4.69) is 17.2 Å². The van der Waals surface area contributed by atoms with Crippen molar-refractivity contribution in [2.45, 2.75) is 6.92 Å². The first-order chi connectivity index (χ1) is 4.76. The minimum atomic E-state index is 0.871. The summed E-state index contributed by atoms with van der Waals surface area (Å²) in [6, 6.07) is 0. The maximum absolute atomic E-state index is 3.71. The third-order valence-electron chi connectivity index (χ3n) is 1.47. The van der Waals surface area contributed by atoms with Gasteiger partial charge in [0.1, 0.15) is 0 Å². The minimum Gasteiger partial charge on any atom is -0.391 e. The molecule has 0 aromatic heterocycles. The summed E-state index contributed by atoms with van der Waals surface area (Å²) in [7, 11) is 3.83. The molecule has 0 rings (SSSR count). The fraction of sp³-hybridized carbons (Fsp3) is 0.500. The molecule has 0 aromatic rings. The van der Waals surface area contributed by atoms with Crippen molar-refractivity contribution in [3.05, 3.63) is 23.9 Å². The summed E-state index contributed by atoms with van der Waals surface area (Å²) in [6.07, 6.45) is 1.86. The molecule has 0 atom stereocenters. The smallest absolute Gasteiger partial charge is 0.0219 e. The van der Waals surface area contributed by atoms with Crippen molar-refractivity contribution in [1.29, 1.82) is 0 Å². The van der Waals surface area contributed by atoms with Crippen molar-refractivity contribution >= 4 is 0 Å². The molecule has 0 unspecified atom stereocenters. The first kappa shape index (κ1) is 9.24. The predicted octanol–water partition coefficient (Wildman–Crippen LogP) is 0.885. The Labute approximate surface area is 63.0 Å². The van der Waals surface area contributed by atoms with Gasteiger partial charge in [-0.2, -0.15) is 0 Å². The van der Waals surface area contributed by atoms with E-state index in [4.69, 9.17) is 0 Å². The zero-order valence-corrected chi connectivity index (χ0v) is 6.99. The monoisotopic (exact) mass is 140 g/mol. The van der Waals surface area contributed by atoms with Crippen LogP contribution in [0.1, 0.15) is 6.92 Å². The van der Waals surface area contributed by atoms with Crippen LogP contribution in [0.25, 0.3) is 0 Å². The van der Waals surface area contributed by atoms with Gasteiger partial charge in [-0.3, -0.25) is 0 Å². The summed E-state index contributed by atoms with van der Waals surface area (Å²) in [4.78, 5) is 0. The van der Waals surface area contributed by atoms with Crippen LogP contribution in [-0.4, -0.2) is 20.6 Å². The van der Waals surface area contributed by atoms with Gasteiger partial charge in [0, 0.05) is 19.3 Å². The Morgan fingerprint density at radius 2 is 2.10 bits per heavy atom. The van der Waals surface area contributed by atoms with Crippen molar-refractivity contribution in [3.8, 4) is 0 Å². The first-order valence-electron chi connectivity index (χ1n) is 3.40. The van der Waals surface area contributed by atoms with Crippen molar-refractivity contribution in [1.82, 2.24) is 10.6 Å². The lowest BCUT2D eigenvalue weighted by Crippen LogP contribution is -2.14. The van der Waals surface area contributed by atoms with Gasteiger partial charge in [0.2, 0.25) is 0 Å². The summed E-state index contributed by atoms with van der Waals surface area (Å²) in [5.41, 5.74) is 2.38. The molecule has 2 N–H and O–H groups in total. The summed E-state index contributed by atoms with van der Waals surface area (Å²) in [5, 5.41) is 6.13. The number of rotatable bonds is 4. The van der Waals surface area contributed by atoms with Gasteiger partial charge >= 0.3 is 0 Å². The van der Waals surface area contributed by atoms with E-state index in [9.17, 15) is 0 Å². The van der Waals surface area contributed by atoms with Gasteiger partial charge in [-0.25, -0.2) is 0 Å². The molecule has 0 amide bonds. The molecule has 0 heterocycles. The van der Waals surface area contributed by atoms with Crippen LogP contribution < -0.4 is 10.6 Å². The highest BCUT2D eigenvalue weighted by Gasteiger charge is 1.92. The van der Waals surface area contributed by atoms with Crippen LogP contribution in [0.4, 0.5) is 0 Å². The zero-order chi connectivity index (χ0) is 7.98. The van der Waals surface area contributed by atoms with E-state index in [1.54, 1.807) is 0 Å². The topological polar surface area (TPSA) is 24.1 Å². The number of hydrogen-bond acceptors (Lipinski definition) is 2. The van der Waals surface area contributed by atoms with E-state index in [1.165, 1.54) is 11.3 Å². The largest absolute Gasteiger partial charge is 0.391 e. The molecule has 0 saturated heterocycles. The number of likely N-dealkylation sites (N-methyl/N-ethyl adjacent to an activating group) is 1. The second-order valence-corrected chi connectivity index (χ2v) is 2.13. The van der Waals surface area contributed by atoms with Crippen LogP contribution in [0.3, 0.4) is 0 Å². The summed E-state index contributed by atoms with van der Waals surface area (Å²) < 4.78 is 0. The van der Waals surface area contributed by atoms with Crippen LogP contribution in [0, 0.1) is 0 Å². The molecule has 0 bridgehead atoms. The Balaban J connectivity index is 4.14. The second-order valence-electron chi connectivity index (χ2n) is 2.13. The quantitative estimate of drug-likeness (QED) is 0.567. The van der Waals surface area contributed by atoms with Gasteiger partial charge in [-0.15, -0.1) is 0 Å². The summed E-state index contributed by atoms with van der Waals surface area (Å²) in [6.45, 7) is 6.62. The van der Waals surface area contributed by atoms with Crippen LogP contribution in [-0.2, 0) is 0 Å². The molecule has 0 fully saturated rings. The minimum absolute atomic E-state index is 0.871. The Morgan fingerprint density at radius 1 is 1.50 bits per heavy atom. The molecule has 0 saturated carbocycles. The molecule has 2 nitrogen and oxygen atoms in total. The molecular weight excluding hydrogens is 124 g/mol. The van der Waals surface area contributed by atoms with E-state index >= 15 is 0 Å². The Kier molecular flexibility index (Phi) is 4.67. The molecule has 2 heteroatoms. The van der Waals surface area contributed by atoms with Crippen molar-refractivity contribution in [3.63, 3.8) is 0 Å². The van der Waals surface area contributed by atoms with Crippen LogP contribution >= 0.6 is 0 Å². The molecule has 0 aliphatic rings. The Morgan fingerprint density at radius 3 is 2.40 bits per heavy atom. The maximum Gasteiger partial charge on any atom is 0.0219 e. The van der Waals surface area contributed by atoms with E-state index in [-0.39, 0.29) is 0 Å². The van der Waals surface area contributed by atoms with Gasteiger partial charge in [0.15, 0.2) is 0 Å². The third kappa shape index (κ3) is 2.69. The van der Waals surface area contributed by atoms with E-state index in [0.717, 1.165) is 6.54 Å². The molecule has 0 radical (unpaired) electrons. The highest BCUT2D eigenvalue weighted by atomic mass is 14.9. The van der Waals surface area contributed by atoms with E-state index in [0.29, 0.717) is 0 Å². The lowest BCUT2D eigenvalue weighted by molar-refractivity contribution is 0.859. The van der Waals surface area contributed by atoms with Crippen molar-refractivity contribution in [2.24, 2.45) is 0 Å². The molecule has 0 spiro atoms. The first-order valence-corrected chi connectivity index (χ1v) is 3.40. The molecule has 0 aliphatic heterocycles. The fourth-order valence-electron chi connectivity index (χ4n) is 0.709. The second kappa shape index (κ2) is 5.06. The van der Waals surface area contributed by atoms with E-state index < -0.39 is 0 Å². The van der Waals surface area contributed by atoms with Crippen molar-refractivity contribution < 1.29 is 0 Å². The Bertz CT molecular complexity index is 136. The van der Waals surface area contributed by atoms with Crippen LogP contribution in [0.2, 0.25) is 0 Å². The summed E-state index contributed by atoms with van der Waals surface area (Å²) >= 11 is 0. The van der Waals surface area contributed by atoms with Gasteiger partial charge in [0.25, 0.3) is 0 Å². The van der Waals surface area contributed by atoms with Crippen LogP contribution in [0.15, 0.2) is 23.9 Å². The Hall–Kier alpha value is -0.760. The summed E-state index contributed by atoms with van der Waals surface area (Å²) in [5.74, 6) is 0. The normalized spacial score (nSPS) is 12.3. The molecular formula is C8H16N2. The average Bonchev–Trinajstić information content (AvgIpc) is 1.99. The van der Waals surface area contributed by atoms with Gasteiger partial charge in [0.05, 0.1) is 0 Å². The lowest BCUT2D eigenvalue weighted by Gasteiger charge is -2.06. The van der Waals surface area contributed by atoms with Gasteiger partial charge in [-0.1, -0.05) is 12.7 Å². The van der Waals surface area contributed by atoms with Crippen molar-refractivity contribution in [2.75, 3.05) is 20.6 Å². The number of allylic oxidation sites excluding steroid dienone is 1. The highest BCUT2D eigenvalue weighted by molar-refractivity contribution is 5.22. The molecule has 58 valence electrons. The highest BCUT2D eigenvalue weighted by Crippen LogP contribution is 1.98. The fourth-order valence-corrected chi connectivity index (χ4v) is 0.709. The lowest BCUT2D eigenvalue weighted by atomic mass is 10.2. The maximum atomic E-state index is 3.71. The molecule has 10 heavy (non-hydrogen) atoms. The van der Waals surface area contributed by atoms with E-state index in [1.807, 2.05) is 27.1 Å². The van der Waals surface area contributed by atoms with Crippen LogP contribution in [0.5, 0.6) is 0 Å². The standard InChI is InChI=1S/C8H16N2/c1-5-8(6-9-3)7(2)10-4/h5,9-10H,1,6H2,2-4H3/b8-7+. The number of nitrogens with one attached hydrogen (secondary N) is 2. The molecule has 0 aliphatic carbocycles. The predicted molar refractivity (Wildman–Crippen MR) is 45.9 cm³/mol. The average molecular weight is 140 g/mol. The SMILES string of the molecule is C=C/C(CNC)=C(/C)NC. The van der Waals surface area contributed by atoms with Gasteiger partial charge in [-0.05, 0) is 19.5 Å². The van der Waals surface area contributed by atoms with Gasteiger partial charge < -0.3 is 10.6 Å². The third-order valence-corrected chi connectivity index (χ3v) is 1.47. The number of hydrogen-bond donors (Lipinski definition) is 2.